The molecule has 86 valence electrons. The summed E-state index contributed by atoms with van der Waals surface area (Å²) in [6.45, 7) is -0.0999. The maximum absolute atomic E-state index is 11.5. The molecular weight excluding hydrogens is 232 g/mol. The molecule has 0 aromatic carbocycles. The van der Waals surface area contributed by atoms with Crippen molar-refractivity contribution in [2.45, 2.75) is 0 Å². The highest BCUT2D eigenvalue weighted by Gasteiger charge is 2.09. The van der Waals surface area contributed by atoms with E-state index < -0.39 is 5.91 Å². The Labute approximate surface area is 97.2 Å². The Morgan fingerprint density at radius 2 is 2.25 bits per heavy atom. The van der Waals surface area contributed by atoms with Gasteiger partial charge in [0.15, 0.2) is 0 Å². The normalized spacial score (nSPS) is 9.62. The van der Waals surface area contributed by atoms with Crippen LogP contribution in [0.15, 0.2) is 12.3 Å². The fraction of sp³-hybridized carbons (Fsp3) is 0.222. The summed E-state index contributed by atoms with van der Waals surface area (Å²) in [5.41, 5.74) is 5.65. The third-order valence-corrected chi connectivity index (χ3v) is 2.12. The van der Waals surface area contributed by atoms with Gasteiger partial charge in [0.2, 0.25) is 5.91 Å². The fourth-order valence-corrected chi connectivity index (χ4v) is 1.09. The van der Waals surface area contributed by atoms with E-state index in [0.717, 1.165) is 0 Å². The van der Waals surface area contributed by atoms with Gasteiger partial charge in [-0.05, 0) is 6.07 Å². The summed E-state index contributed by atoms with van der Waals surface area (Å²) in [5, 5.41) is 4.98. The topological polar surface area (TPSA) is 97.1 Å². The minimum atomic E-state index is -0.432. The van der Waals surface area contributed by atoms with E-state index >= 15 is 0 Å². The van der Waals surface area contributed by atoms with Crippen molar-refractivity contribution in [1.82, 2.24) is 15.6 Å². The Morgan fingerprint density at radius 3 is 2.81 bits per heavy atom. The predicted molar refractivity (Wildman–Crippen MR) is 60.1 cm³/mol. The molecular formula is C9H11ClN4O2. The molecule has 0 aliphatic rings. The maximum atomic E-state index is 11.5. The Bertz CT molecular complexity index is 422. The molecule has 0 radical (unpaired) electrons. The van der Waals surface area contributed by atoms with E-state index in [1.165, 1.54) is 19.3 Å². The summed E-state index contributed by atoms with van der Waals surface area (Å²) >= 11 is 5.70. The average molecular weight is 243 g/mol. The summed E-state index contributed by atoms with van der Waals surface area (Å²) in [6, 6.07) is 1.39. The van der Waals surface area contributed by atoms with Gasteiger partial charge < -0.3 is 16.4 Å². The van der Waals surface area contributed by atoms with Crippen LogP contribution in [0.5, 0.6) is 0 Å². The van der Waals surface area contributed by atoms with Crippen molar-refractivity contribution in [3.05, 3.63) is 22.8 Å². The van der Waals surface area contributed by atoms with Crippen LogP contribution < -0.4 is 16.4 Å². The summed E-state index contributed by atoms with van der Waals surface area (Å²) in [4.78, 5) is 26.1. The van der Waals surface area contributed by atoms with Gasteiger partial charge in [-0.3, -0.25) is 9.59 Å². The summed E-state index contributed by atoms with van der Waals surface area (Å²) in [5.74, 6) is -0.564. The van der Waals surface area contributed by atoms with Crippen molar-refractivity contribution in [2.24, 2.45) is 0 Å². The van der Waals surface area contributed by atoms with Gasteiger partial charge in [0, 0.05) is 13.2 Å². The molecule has 16 heavy (non-hydrogen) atoms. The van der Waals surface area contributed by atoms with Gasteiger partial charge in [-0.2, -0.15) is 0 Å². The van der Waals surface area contributed by atoms with E-state index in [0.29, 0.717) is 0 Å². The standard InChI is InChI=1S/C9H11ClN4O2/c1-12-7(15)4-14-9(16)5-2-6(10)8(11)13-3-5/h2-3H,4H2,1H3,(H2,11,13)(H,12,15)(H,14,16). The number of hydrogen-bond acceptors (Lipinski definition) is 4. The van der Waals surface area contributed by atoms with Gasteiger partial charge in [0.25, 0.3) is 5.91 Å². The molecule has 1 heterocycles. The SMILES string of the molecule is CNC(=O)CNC(=O)c1cnc(N)c(Cl)c1. The monoisotopic (exact) mass is 242 g/mol. The molecule has 0 bridgehead atoms. The zero-order valence-corrected chi connectivity index (χ0v) is 9.34. The Hall–Kier alpha value is -1.82. The van der Waals surface area contributed by atoms with E-state index in [2.05, 4.69) is 15.6 Å². The lowest BCUT2D eigenvalue weighted by Gasteiger charge is -2.04. The maximum Gasteiger partial charge on any atom is 0.253 e. The van der Waals surface area contributed by atoms with Crippen LogP contribution in [0.1, 0.15) is 10.4 Å². The number of pyridine rings is 1. The molecule has 1 aromatic rings. The molecule has 1 rings (SSSR count). The van der Waals surface area contributed by atoms with E-state index in [-0.39, 0.29) is 28.9 Å². The molecule has 0 saturated carbocycles. The van der Waals surface area contributed by atoms with Crippen LogP contribution in [0.2, 0.25) is 5.02 Å². The Morgan fingerprint density at radius 1 is 1.56 bits per heavy atom. The number of nitrogen functional groups attached to an aromatic ring is 1. The molecule has 0 atom stereocenters. The highest BCUT2D eigenvalue weighted by atomic mass is 35.5. The number of carbonyl (C=O) groups excluding carboxylic acids is 2. The zero-order valence-electron chi connectivity index (χ0n) is 8.58. The molecule has 6 nitrogen and oxygen atoms in total. The van der Waals surface area contributed by atoms with Crippen molar-refractivity contribution < 1.29 is 9.59 Å². The highest BCUT2D eigenvalue weighted by molar-refractivity contribution is 6.33. The second-order valence-electron chi connectivity index (χ2n) is 2.95. The molecule has 0 saturated heterocycles. The number of likely N-dealkylation sites (N-methyl/N-ethyl adjacent to an activating group) is 1. The van der Waals surface area contributed by atoms with Crippen molar-refractivity contribution in [3.63, 3.8) is 0 Å². The number of aromatic nitrogens is 1. The summed E-state index contributed by atoms with van der Waals surface area (Å²) < 4.78 is 0. The molecule has 0 aliphatic heterocycles. The molecule has 0 spiro atoms. The number of nitrogens with two attached hydrogens (primary N) is 1. The first-order valence-electron chi connectivity index (χ1n) is 4.44. The van der Waals surface area contributed by atoms with Crippen molar-refractivity contribution >= 4 is 29.2 Å². The molecule has 7 heteroatoms. The van der Waals surface area contributed by atoms with Gasteiger partial charge in [-0.15, -0.1) is 0 Å². The fourth-order valence-electron chi connectivity index (χ4n) is 0.924. The molecule has 1 aromatic heterocycles. The second kappa shape index (κ2) is 5.32. The first-order valence-corrected chi connectivity index (χ1v) is 4.82. The minimum Gasteiger partial charge on any atom is -0.382 e. The van der Waals surface area contributed by atoms with Crippen LogP contribution in [0.3, 0.4) is 0 Å². The third kappa shape index (κ3) is 3.09. The number of hydrogen-bond donors (Lipinski definition) is 3. The van der Waals surface area contributed by atoms with Crippen LogP contribution in [0, 0.1) is 0 Å². The highest BCUT2D eigenvalue weighted by Crippen LogP contribution is 2.16. The van der Waals surface area contributed by atoms with E-state index in [1.54, 1.807) is 0 Å². The van der Waals surface area contributed by atoms with Gasteiger partial charge in [0.05, 0.1) is 17.1 Å². The van der Waals surface area contributed by atoms with Gasteiger partial charge in [0.1, 0.15) is 5.82 Å². The molecule has 0 fully saturated rings. The average Bonchev–Trinajstić information content (AvgIpc) is 2.29. The smallest absolute Gasteiger partial charge is 0.253 e. The lowest BCUT2D eigenvalue weighted by atomic mass is 10.2. The third-order valence-electron chi connectivity index (χ3n) is 1.82. The Kier molecular flexibility index (Phi) is 4.07. The summed E-state index contributed by atoms with van der Waals surface area (Å²) in [6.07, 6.45) is 1.29. The van der Waals surface area contributed by atoms with E-state index in [1.807, 2.05) is 0 Å². The number of nitrogens with zero attached hydrogens (tertiary/aromatic N) is 1. The molecule has 4 N–H and O–H groups in total. The first kappa shape index (κ1) is 12.3. The van der Waals surface area contributed by atoms with Crippen LogP contribution >= 0.6 is 11.6 Å². The number of halogens is 1. The molecule has 2 amide bonds. The largest absolute Gasteiger partial charge is 0.382 e. The molecule has 0 unspecified atom stereocenters. The lowest BCUT2D eigenvalue weighted by molar-refractivity contribution is -0.119. The zero-order chi connectivity index (χ0) is 12.1. The van der Waals surface area contributed by atoms with Gasteiger partial charge in [-0.1, -0.05) is 11.6 Å². The minimum absolute atomic E-state index is 0.0999. The van der Waals surface area contributed by atoms with Gasteiger partial charge in [-0.25, -0.2) is 4.98 Å². The predicted octanol–water partition coefficient (Wildman–Crippen LogP) is -0.207. The van der Waals surface area contributed by atoms with E-state index in [4.69, 9.17) is 17.3 Å². The Balaban J connectivity index is 2.66. The van der Waals surface area contributed by atoms with Crippen molar-refractivity contribution in [3.8, 4) is 0 Å². The van der Waals surface area contributed by atoms with Crippen LogP contribution in [0.25, 0.3) is 0 Å². The quantitative estimate of drug-likeness (QED) is 0.683. The molecule has 0 aliphatic carbocycles. The second-order valence-corrected chi connectivity index (χ2v) is 3.35. The van der Waals surface area contributed by atoms with E-state index in [9.17, 15) is 9.59 Å². The number of nitrogens with one attached hydrogen (secondary N) is 2. The number of rotatable bonds is 3. The number of amides is 2. The van der Waals surface area contributed by atoms with Gasteiger partial charge >= 0.3 is 0 Å². The number of anilines is 1. The van der Waals surface area contributed by atoms with Crippen molar-refractivity contribution in [2.75, 3.05) is 19.3 Å². The lowest BCUT2D eigenvalue weighted by Crippen LogP contribution is -2.35. The van der Waals surface area contributed by atoms with Crippen molar-refractivity contribution in [1.29, 1.82) is 0 Å². The van der Waals surface area contributed by atoms with Crippen LogP contribution in [-0.4, -0.2) is 30.4 Å². The van der Waals surface area contributed by atoms with Crippen LogP contribution in [-0.2, 0) is 4.79 Å². The first-order chi connectivity index (χ1) is 7.54. The summed E-state index contributed by atoms with van der Waals surface area (Å²) in [7, 11) is 1.48. The number of carbonyl (C=O) groups is 2. The van der Waals surface area contributed by atoms with Crippen LogP contribution in [0.4, 0.5) is 5.82 Å².